The molecule has 1 aromatic heterocycles. The van der Waals surface area contributed by atoms with Crippen LogP contribution in [0.4, 0.5) is 4.39 Å². The molecule has 0 aliphatic carbocycles. The Balaban J connectivity index is 1.92. The molecule has 2 aromatic rings. The molecular weight excluding hydrogens is 261 g/mol. The second kappa shape index (κ2) is 6.27. The molecule has 20 heavy (non-hydrogen) atoms. The molecule has 0 fully saturated rings. The van der Waals surface area contributed by atoms with Gasteiger partial charge in [-0.25, -0.2) is 4.39 Å². The van der Waals surface area contributed by atoms with Gasteiger partial charge >= 0.3 is 0 Å². The van der Waals surface area contributed by atoms with Crippen LogP contribution in [0.2, 0.25) is 0 Å². The lowest BCUT2D eigenvalue weighted by Crippen LogP contribution is -2.29. The van der Waals surface area contributed by atoms with Crippen LogP contribution in [-0.4, -0.2) is 22.6 Å². The van der Waals surface area contributed by atoms with Crippen molar-refractivity contribution in [2.45, 2.75) is 20.3 Å². The third-order valence-corrected chi connectivity index (χ3v) is 2.73. The lowest BCUT2D eigenvalue weighted by Gasteiger charge is -2.05. The van der Waals surface area contributed by atoms with Gasteiger partial charge in [-0.3, -0.25) is 4.79 Å². The third kappa shape index (κ3) is 3.63. The number of nitrogens with zero attached hydrogens (tertiary/aromatic N) is 2. The Morgan fingerprint density at radius 1 is 1.35 bits per heavy atom. The lowest BCUT2D eigenvalue weighted by atomic mass is 10.2. The van der Waals surface area contributed by atoms with Crippen molar-refractivity contribution in [3.05, 3.63) is 36.0 Å². The molecule has 0 aliphatic rings. The van der Waals surface area contributed by atoms with Crippen LogP contribution >= 0.6 is 0 Å². The van der Waals surface area contributed by atoms with Crippen LogP contribution in [-0.2, 0) is 11.2 Å². The van der Waals surface area contributed by atoms with Gasteiger partial charge in [0.25, 0.3) is 0 Å². The topological polar surface area (TPSA) is 68.0 Å². The van der Waals surface area contributed by atoms with E-state index in [1.165, 1.54) is 12.1 Å². The molecule has 2 rings (SSSR count). The maximum atomic E-state index is 12.8. The first-order valence-electron chi connectivity index (χ1n) is 6.42. The molecule has 0 atom stereocenters. The molecule has 1 heterocycles. The number of nitrogens with one attached hydrogen (secondary N) is 1. The normalized spacial score (nSPS) is 10.8. The number of hydrogen-bond acceptors (Lipinski definition) is 4. The van der Waals surface area contributed by atoms with E-state index in [0.29, 0.717) is 30.2 Å². The van der Waals surface area contributed by atoms with Crippen molar-refractivity contribution in [1.82, 2.24) is 15.5 Å². The summed E-state index contributed by atoms with van der Waals surface area (Å²) < 4.78 is 17.9. The van der Waals surface area contributed by atoms with E-state index in [4.69, 9.17) is 4.52 Å². The summed E-state index contributed by atoms with van der Waals surface area (Å²) in [5.74, 6) is 0.480. The molecule has 106 valence electrons. The zero-order valence-corrected chi connectivity index (χ0v) is 11.4. The summed E-state index contributed by atoms with van der Waals surface area (Å²) in [6.07, 6.45) is 0.465. The molecule has 6 heteroatoms. The van der Waals surface area contributed by atoms with Gasteiger partial charge < -0.3 is 9.84 Å². The van der Waals surface area contributed by atoms with E-state index in [1.807, 2.05) is 13.8 Å². The number of carbonyl (C=O) groups excluding carboxylic acids is 1. The van der Waals surface area contributed by atoms with Crippen LogP contribution in [0.25, 0.3) is 11.4 Å². The molecule has 0 unspecified atom stereocenters. The summed E-state index contributed by atoms with van der Waals surface area (Å²) in [7, 11) is 0. The lowest BCUT2D eigenvalue weighted by molar-refractivity contribution is -0.123. The summed E-state index contributed by atoms with van der Waals surface area (Å²) in [5, 5.41) is 6.60. The zero-order valence-electron chi connectivity index (χ0n) is 11.4. The predicted octanol–water partition coefficient (Wildman–Crippen LogP) is 2.19. The molecular formula is C14H16FN3O2. The number of halogens is 1. The highest BCUT2D eigenvalue weighted by Crippen LogP contribution is 2.16. The van der Waals surface area contributed by atoms with Crippen LogP contribution in [0.1, 0.15) is 19.7 Å². The Bertz CT molecular complexity index is 578. The van der Waals surface area contributed by atoms with E-state index in [2.05, 4.69) is 15.5 Å². The Labute approximate surface area is 116 Å². The van der Waals surface area contributed by atoms with Gasteiger partial charge in [0.2, 0.25) is 17.6 Å². The largest absolute Gasteiger partial charge is 0.355 e. The summed E-state index contributed by atoms with van der Waals surface area (Å²) in [6, 6.07) is 5.86. The fourth-order valence-electron chi connectivity index (χ4n) is 1.57. The minimum absolute atomic E-state index is 0.0109. The fourth-order valence-corrected chi connectivity index (χ4v) is 1.57. The quantitative estimate of drug-likeness (QED) is 0.909. The minimum Gasteiger partial charge on any atom is -0.355 e. The van der Waals surface area contributed by atoms with Crippen molar-refractivity contribution in [3.63, 3.8) is 0 Å². The standard InChI is InChI=1S/C14H16FN3O2/c1-9(2)14(19)16-8-7-12-17-13(18-20-12)10-3-5-11(15)6-4-10/h3-6,9H,7-8H2,1-2H3,(H,16,19). The number of hydrogen-bond donors (Lipinski definition) is 1. The highest BCUT2D eigenvalue weighted by Gasteiger charge is 2.10. The maximum absolute atomic E-state index is 12.8. The van der Waals surface area contributed by atoms with Gasteiger partial charge in [-0.15, -0.1) is 0 Å². The predicted molar refractivity (Wildman–Crippen MR) is 71.2 cm³/mol. The molecule has 1 amide bonds. The van der Waals surface area contributed by atoms with Crippen molar-refractivity contribution in [3.8, 4) is 11.4 Å². The monoisotopic (exact) mass is 277 g/mol. The van der Waals surface area contributed by atoms with E-state index >= 15 is 0 Å². The highest BCUT2D eigenvalue weighted by molar-refractivity contribution is 5.77. The molecule has 5 nitrogen and oxygen atoms in total. The van der Waals surface area contributed by atoms with Crippen LogP contribution in [0.5, 0.6) is 0 Å². The van der Waals surface area contributed by atoms with Gasteiger partial charge in [0.05, 0.1) is 0 Å². The van der Waals surface area contributed by atoms with Crippen LogP contribution in [0.15, 0.2) is 28.8 Å². The Morgan fingerprint density at radius 2 is 2.05 bits per heavy atom. The molecule has 1 aromatic carbocycles. The molecule has 0 radical (unpaired) electrons. The van der Waals surface area contributed by atoms with Crippen LogP contribution in [0, 0.1) is 11.7 Å². The first kappa shape index (κ1) is 14.2. The first-order chi connectivity index (χ1) is 9.56. The van der Waals surface area contributed by atoms with Gasteiger partial charge in [0.1, 0.15) is 5.82 Å². The number of aromatic nitrogens is 2. The van der Waals surface area contributed by atoms with E-state index < -0.39 is 0 Å². The fraction of sp³-hybridized carbons (Fsp3) is 0.357. The van der Waals surface area contributed by atoms with Gasteiger partial charge in [0.15, 0.2) is 0 Å². The molecule has 0 aliphatic heterocycles. The first-order valence-corrected chi connectivity index (χ1v) is 6.42. The summed E-state index contributed by atoms with van der Waals surface area (Å²) >= 11 is 0. The maximum Gasteiger partial charge on any atom is 0.228 e. The van der Waals surface area contributed by atoms with E-state index in [1.54, 1.807) is 12.1 Å². The van der Waals surface area contributed by atoms with Crippen LogP contribution in [0.3, 0.4) is 0 Å². The molecule has 0 saturated heterocycles. The Kier molecular flexibility index (Phi) is 4.45. The molecule has 0 bridgehead atoms. The van der Waals surface area contributed by atoms with Crippen molar-refractivity contribution >= 4 is 5.91 Å². The molecule has 1 N–H and O–H groups in total. The SMILES string of the molecule is CC(C)C(=O)NCCc1nc(-c2ccc(F)cc2)no1. The van der Waals surface area contributed by atoms with Gasteiger partial charge in [-0.2, -0.15) is 4.98 Å². The second-order valence-electron chi connectivity index (χ2n) is 4.71. The van der Waals surface area contributed by atoms with Gasteiger partial charge in [-0.1, -0.05) is 19.0 Å². The zero-order chi connectivity index (χ0) is 14.5. The van der Waals surface area contributed by atoms with Crippen molar-refractivity contribution in [1.29, 1.82) is 0 Å². The Morgan fingerprint density at radius 3 is 2.70 bits per heavy atom. The smallest absolute Gasteiger partial charge is 0.228 e. The second-order valence-corrected chi connectivity index (χ2v) is 4.71. The van der Waals surface area contributed by atoms with Crippen molar-refractivity contribution in [2.24, 2.45) is 5.92 Å². The summed E-state index contributed by atoms with van der Waals surface area (Å²) in [5.41, 5.74) is 0.688. The third-order valence-electron chi connectivity index (χ3n) is 2.73. The minimum atomic E-state index is -0.311. The summed E-state index contributed by atoms with van der Waals surface area (Å²) in [6.45, 7) is 4.10. The van der Waals surface area contributed by atoms with Crippen molar-refractivity contribution < 1.29 is 13.7 Å². The Hall–Kier alpha value is -2.24. The number of carbonyl (C=O) groups is 1. The molecule has 0 spiro atoms. The van der Waals surface area contributed by atoms with Gasteiger partial charge in [-0.05, 0) is 24.3 Å². The number of amides is 1. The van der Waals surface area contributed by atoms with Gasteiger partial charge in [0, 0.05) is 24.4 Å². The van der Waals surface area contributed by atoms with E-state index in [0.717, 1.165) is 0 Å². The number of rotatable bonds is 5. The average Bonchev–Trinajstić information content (AvgIpc) is 2.88. The van der Waals surface area contributed by atoms with Crippen LogP contribution < -0.4 is 5.32 Å². The van der Waals surface area contributed by atoms with E-state index in [9.17, 15) is 9.18 Å². The van der Waals surface area contributed by atoms with Crippen molar-refractivity contribution in [2.75, 3.05) is 6.54 Å². The average molecular weight is 277 g/mol. The number of benzene rings is 1. The van der Waals surface area contributed by atoms with E-state index in [-0.39, 0.29) is 17.6 Å². The highest BCUT2D eigenvalue weighted by atomic mass is 19.1. The summed E-state index contributed by atoms with van der Waals surface area (Å²) in [4.78, 5) is 15.6. The molecule has 0 saturated carbocycles.